The zero-order valence-electron chi connectivity index (χ0n) is 20.2. The number of amides is 2. The number of benzene rings is 1. The van der Waals surface area contributed by atoms with E-state index in [1.807, 2.05) is 51.1 Å². The maximum atomic E-state index is 12.2. The number of hydrogen-bond acceptors (Lipinski definition) is 6. The third kappa shape index (κ3) is 16.2. The van der Waals surface area contributed by atoms with Gasteiger partial charge < -0.3 is 26.4 Å². The van der Waals surface area contributed by atoms with Gasteiger partial charge in [0.1, 0.15) is 6.04 Å². The molecule has 9 heteroatoms. The van der Waals surface area contributed by atoms with E-state index in [1.165, 1.54) is 0 Å². The highest BCUT2D eigenvalue weighted by molar-refractivity contribution is 5.84. The van der Waals surface area contributed by atoms with Gasteiger partial charge in [0.05, 0.1) is 6.54 Å². The summed E-state index contributed by atoms with van der Waals surface area (Å²) in [6, 6.07) is 9.10. The minimum Gasteiger partial charge on any atom is -0.481 e. The highest BCUT2D eigenvalue weighted by Gasteiger charge is 2.17. The van der Waals surface area contributed by atoms with Gasteiger partial charge >= 0.3 is 5.97 Å². The van der Waals surface area contributed by atoms with E-state index in [2.05, 4.69) is 26.3 Å². The van der Waals surface area contributed by atoms with Crippen molar-refractivity contribution in [3.8, 4) is 0 Å². The number of aliphatic carboxylic acids is 1. The summed E-state index contributed by atoms with van der Waals surface area (Å²) >= 11 is 0. The second-order valence-electron chi connectivity index (χ2n) is 7.11. The summed E-state index contributed by atoms with van der Waals surface area (Å²) in [5.74, 6) is 0.0136. The molecule has 2 amide bonds. The molecule has 1 unspecified atom stereocenters. The van der Waals surface area contributed by atoms with Gasteiger partial charge in [-0.05, 0) is 24.8 Å². The normalized spacial score (nSPS) is 12.4. The van der Waals surface area contributed by atoms with Crippen molar-refractivity contribution >= 4 is 24.2 Å². The quantitative estimate of drug-likeness (QED) is 0.225. The number of rotatable bonds is 13. The first-order valence-corrected chi connectivity index (χ1v) is 11.8. The SMILES string of the molecule is CC.CCCCC(=O)O.O=CNC(Cc1ccccc1)C(=O)NCCCCNC1=NCCN1. The van der Waals surface area contributed by atoms with Crippen LogP contribution in [0.1, 0.15) is 58.4 Å². The summed E-state index contributed by atoms with van der Waals surface area (Å²) in [5.41, 5.74) is 1.01. The number of carboxylic acids is 1. The van der Waals surface area contributed by atoms with Crippen LogP contribution in [-0.4, -0.2) is 61.6 Å². The molecular weight excluding hydrogens is 422 g/mol. The average molecular weight is 464 g/mol. The van der Waals surface area contributed by atoms with Gasteiger partial charge in [0.25, 0.3) is 0 Å². The van der Waals surface area contributed by atoms with Crippen LogP contribution in [0.3, 0.4) is 0 Å². The molecule has 1 aromatic rings. The van der Waals surface area contributed by atoms with E-state index in [1.54, 1.807) is 0 Å². The van der Waals surface area contributed by atoms with Crippen LogP contribution in [0.15, 0.2) is 35.3 Å². The standard InChI is InChI=1S/C17H25N5O2.C5H10O2.C2H6/c23-13-22-15(12-14-6-2-1-3-7-14)16(24)18-8-4-5-9-19-17-20-10-11-21-17;1-2-3-4-5(6)7;1-2/h1-3,6-7,13,15H,4-5,8-12H2,(H,18,24)(H,22,23)(H2,19,20,21);2-4H2,1H3,(H,6,7);1-2H3. The number of guanidine groups is 1. The molecule has 0 aromatic heterocycles. The van der Waals surface area contributed by atoms with Crippen molar-refractivity contribution in [2.75, 3.05) is 26.2 Å². The van der Waals surface area contributed by atoms with Crippen molar-refractivity contribution in [2.45, 2.75) is 65.3 Å². The molecule has 1 aliphatic heterocycles. The number of carbonyl (C=O) groups is 3. The summed E-state index contributed by atoms with van der Waals surface area (Å²) in [5, 5.41) is 19.9. The molecule has 0 bridgehead atoms. The summed E-state index contributed by atoms with van der Waals surface area (Å²) in [7, 11) is 0. The van der Waals surface area contributed by atoms with E-state index in [9.17, 15) is 14.4 Å². The Morgan fingerprint density at radius 3 is 2.39 bits per heavy atom. The predicted octanol–water partition coefficient (Wildman–Crippen LogP) is 2.08. The zero-order valence-corrected chi connectivity index (χ0v) is 20.2. The van der Waals surface area contributed by atoms with Crippen molar-refractivity contribution in [2.24, 2.45) is 4.99 Å². The number of carbonyl (C=O) groups excluding carboxylic acids is 2. The zero-order chi connectivity index (χ0) is 24.7. The van der Waals surface area contributed by atoms with E-state index < -0.39 is 12.0 Å². The first-order valence-electron chi connectivity index (χ1n) is 11.8. The Labute approximate surface area is 197 Å². The van der Waals surface area contributed by atoms with Crippen LogP contribution in [0.25, 0.3) is 0 Å². The van der Waals surface area contributed by atoms with E-state index in [0.29, 0.717) is 25.8 Å². The first kappa shape index (κ1) is 29.9. The fourth-order valence-electron chi connectivity index (χ4n) is 2.80. The minimum absolute atomic E-state index is 0.152. The molecule has 1 aliphatic rings. The van der Waals surface area contributed by atoms with E-state index >= 15 is 0 Å². The van der Waals surface area contributed by atoms with Crippen LogP contribution in [0.2, 0.25) is 0 Å². The molecule has 0 saturated carbocycles. The monoisotopic (exact) mass is 463 g/mol. The molecule has 1 aromatic carbocycles. The lowest BCUT2D eigenvalue weighted by Crippen LogP contribution is -2.45. The molecule has 9 nitrogen and oxygen atoms in total. The van der Waals surface area contributed by atoms with E-state index in [4.69, 9.17) is 5.11 Å². The summed E-state index contributed by atoms with van der Waals surface area (Å²) < 4.78 is 0. The van der Waals surface area contributed by atoms with Gasteiger partial charge in [-0.25, -0.2) is 0 Å². The van der Waals surface area contributed by atoms with Crippen LogP contribution >= 0.6 is 0 Å². The van der Waals surface area contributed by atoms with Crippen molar-refractivity contribution in [3.63, 3.8) is 0 Å². The average Bonchev–Trinajstić information content (AvgIpc) is 3.35. The van der Waals surface area contributed by atoms with Gasteiger partial charge in [0.2, 0.25) is 12.3 Å². The highest BCUT2D eigenvalue weighted by Crippen LogP contribution is 2.03. The van der Waals surface area contributed by atoms with Gasteiger partial charge in [0, 0.05) is 32.5 Å². The van der Waals surface area contributed by atoms with Gasteiger partial charge in [0.15, 0.2) is 5.96 Å². The molecule has 0 radical (unpaired) electrons. The number of nitrogens with one attached hydrogen (secondary N) is 4. The highest BCUT2D eigenvalue weighted by atomic mass is 16.4. The van der Waals surface area contributed by atoms with Crippen LogP contribution in [0.5, 0.6) is 0 Å². The maximum Gasteiger partial charge on any atom is 0.303 e. The smallest absolute Gasteiger partial charge is 0.303 e. The van der Waals surface area contributed by atoms with Crippen LogP contribution < -0.4 is 21.3 Å². The van der Waals surface area contributed by atoms with Crippen LogP contribution in [0, 0.1) is 0 Å². The lowest BCUT2D eigenvalue weighted by molar-refractivity contribution is -0.137. The molecule has 0 saturated heterocycles. The Bertz CT molecular complexity index is 683. The van der Waals surface area contributed by atoms with Crippen LogP contribution in [0.4, 0.5) is 0 Å². The molecule has 1 heterocycles. The second kappa shape index (κ2) is 20.8. The number of aliphatic imine (C=N–C) groups is 1. The predicted molar refractivity (Wildman–Crippen MR) is 132 cm³/mol. The maximum absolute atomic E-state index is 12.2. The Hall–Kier alpha value is -3.10. The number of unbranched alkanes of at least 4 members (excludes halogenated alkanes) is 2. The minimum atomic E-state index is -0.693. The Morgan fingerprint density at radius 1 is 1.15 bits per heavy atom. The van der Waals surface area contributed by atoms with Gasteiger partial charge in [-0.3, -0.25) is 19.4 Å². The van der Waals surface area contributed by atoms with Crippen LogP contribution in [-0.2, 0) is 20.8 Å². The van der Waals surface area contributed by atoms with Gasteiger partial charge in [-0.15, -0.1) is 0 Å². The molecule has 0 spiro atoms. The Morgan fingerprint density at radius 2 is 1.85 bits per heavy atom. The third-order valence-electron chi connectivity index (χ3n) is 4.48. The van der Waals surface area contributed by atoms with Crippen molar-refractivity contribution in [1.29, 1.82) is 0 Å². The van der Waals surface area contributed by atoms with Crippen molar-refractivity contribution < 1.29 is 19.5 Å². The molecule has 5 N–H and O–H groups in total. The van der Waals surface area contributed by atoms with Crippen molar-refractivity contribution in [1.82, 2.24) is 21.3 Å². The van der Waals surface area contributed by atoms with Gasteiger partial charge in [-0.1, -0.05) is 57.5 Å². The van der Waals surface area contributed by atoms with E-state index in [-0.39, 0.29) is 5.91 Å². The molecular formula is C24H41N5O4. The summed E-state index contributed by atoms with van der Waals surface area (Å²) in [6.07, 6.45) is 4.94. The lowest BCUT2D eigenvalue weighted by atomic mass is 10.1. The summed E-state index contributed by atoms with van der Waals surface area (Å²) in [4.78, 5) is 36.9. The fourth-order valence-corrected chi connectivity index (χ4v) is 2.80. The third-order valence-corrected chi connectivity index (χ3v) is 4.48. The van der Waals surface area contributed by atoms with E-state index in [0.717, 1.165) is 56.8 Å². The number of carboxylic acid groups (broad SMARTS) is 1. The Balaban J connectivity index is 0.000000973. The topological polar surface area (TPSA) is 132 Å². The van der Waals surface area contributed by atoms with Crippen molar-refractivity contribution in [3.05, 3.63) is 35.9 Å². The molecule has 0 aliphatic carbocycles. The largest absolute Gasteiger partial charge is 0.481 e. The fraction of sp³-hybridized carbons (Fsp3) is 0.583. The molecule has 186 valence electrons. The van der Waals surface area contributed by atoms with Gasteiger partial charge in [-0.2, -0.15) is 0 Å². The molecule has 2 rings (SSSR count). The Kier molecular flexibility index (Phi) is 18.8. The number of hydrogen-bond donors (Lipinski definition) is 5. The molecule has 0 fully saturated rings. The number of nitrogens with zero attached hydrogens (tertiary/aromatic N) is 1. The summed E-state index contributed by atoms with van der Waals surface area (Å²) in [6.45, 7) is 9.10. The molecule has 1 atom stereocenters. The first-order chi connectivity index (χ1) is 16.1. The second-order valence-corrected chi connectivity index (χ2v) is 7.11. The lowest BCUT2D eigenvalue weighted by Gasteiger charge is -2.16. The molecule has 33 heavy (non-hydrogen) atoms.